The van der Waals surface area contributed by atoms with Crippen molar-refractivity contribution >= 4 is 73.7 Å². The van der Waals surface area contributed by atoms with Crippen LogP contribution < -0.4 is 24.5 Å². The minimum Gasteiger partial charge on any atom is -0.492 e. The standard InChI is InChI=1S/C45H41N3O3S3/c49-41(50)12-2-1-7-23-51-44-35(28-40-43-45(44)53-25-22-46(43)21-24-52-40)42-33-15-13-31(47-19-17-29-8-3-5-10-36(29)47)26-38(33)54-39-27-32(14-16-34(39)42)48-20-18-30-9-4-6-11-37(30)48/h3-6,8-11,13-16,26-28H,1-2,7,12,17-25H2/p+1. The molecule has 54 heavy (non-hydrogen) atoms. The first-order valence-electron chi connectivity index (χ1n) is 19.2. The second-order valence-corrected chi connectivity index (χ2v) is 17.9. The Morgan fingerprint density at radius 1 is 0.815 bits per heavy atom. The number of ether oxygens (including phenoxy) is 1. The molecule has 0 atom stereocenters. The Balaban J connectivity index is 1.18. The van der Waals surface area contributed by atoms with Crippen LogP contribution in [0.2, 0.25) is 0 Å². The first-order chi connectivity index (χ1) is 26.6. The highest BCUT2D eigenvalue weighted by atomic mass is 32.2. The minimum atomic E-state index is -0.732. The Morgan fingerprint density at radius 3 is 2.57 bits per heavy atom. The van der Waals surface area contributed by atoms with Gasteiger partial charge in [-0.2, -0.15) is 4.58 Å². The largest absolute Gasteiger partial charge is 0.492 e. The van der Waals surface area contributed by atoms with E-state index < -0.39 is 5.97 Å². The van der Waals surface area contributed by atoms with E-state index in [-0.39, 0.29) is 6.42 Å². The molecule has 4 aromatic rings. The summed E-state index contributed by atoms with van der Waals surface area (Å²) in [5, 5.41) is 11.7. The molecular weight excluding hydrogens is 727 g/mol. The first kappa shape index (κ1) is 34.1. The zero-order chi connectivity index (χ0) is 36.2. The van der Waals surface area contributed by atoms with Crippen molar-refractivity contribution in [2.24, 2.45) is 0 Å². The van der Waals surface area contributed by atoms with Crippen molar-refractivity contribution in [1.29, 1.82) is 0 Å². The van der Waals surface area contributed by atoms with E-state index in [1.54, 1.807) is 0 Å². The van der Waals surface area contributed by atoms with Crippen LogP contribution in [0, 0.1) is 0 Å². The van der Waals surface area contributed by atoms with Crippen molar-refractivity contribution in [2.45, 2.75) is 48.3 Å². The number of carboxylic acid groups (broad SMARTS) is 1. The van der Waals surface area contributed by atoms with Crippen LogP contribution in [0.4, 0.5) is 22.7 Å². The Hall–Kier alpha value is -4.44. The molecule has 0 amide bonds. The maximum absolute atomic E-state index is 11.2. The molecule has 9 heteroatoms. The second kappa shape index (κ2) is 14.3. The lowest BCUT2D eigenvalue weighted by Gasteiger charge is -2.37. The van der Waals surface area contributed by atoms with Crippen LogP contribution in [0.3, 0.4) is 0 Å². The highest BCUT2D eigenvalue weighted by Gasteiger charge is 2.32. The molecule has 10 rings (SSSR count). The number of unbranched alkanes of at least 4 members (excludes halogenated alkanes) is 2. The van der Waals surface area contributed by atoms with Crippen LogP contribution in [0.15, 0.2) is 101 Å². The summed E-state index contributed by atoms with van der Waals surface area (Å²) in [6.45, 7) is 4.65. The summed E-state index contributed by atoms with van der Waals surface area (Å²) in [5.74, 6) is 2.37. The average molecular weight is 769 g/mol. The number of para-hydroxylation sites is 2. The highest BCUT2D eigenvalue weighted by molar-refractivity contribution is 8.00. The molecular formula is C45H42N3O3S3+. The van der Waals surface area contributed by atoms with E-state index in [9.17, 15) is 9.90 Å². The fourth-order valence-corrected chi connectivity index (χ4v) is 12.3. The van der Waals surface area contributed by atoms with Crippen LogP contribution in [0.1, 0.15) is 36.8 Å². The number of hydrogen-bond acceptors (Lipinski definition) is 7. The van der Waals surface area contributed by atoms with Crippen molar-refractivity contribution in [3.63, 3.8) is 0 Å². The Labute approximate surface area is 328 Å². The third-order valence-corrected chi connectivity index (χ3v) is 14.5. The first-order valence-corrected chi connectivity index (χ1v) is 22.0. The highest BCUT2D eigenvalue weighted by Crippen LogP contribution is 2.56. The molecule has 0 aromatic heterocycles. The molecule has 6 aliphatic rings. The fraction of sp³-hybridized carbons (Fsp3) is 0.289. The quantitative estimate of drug-likeness (QED) is 0.0893. The number of aliphatic carboxylic acids is 1. The van der Waals surface area contributed by atoms with E-state index in [1.165, 1.54) is 80.7 Å². The molecule has 0 saturated carbocycles. The van der Waals surface area contributed by atoms with Crippen LogP contribution >= 0.6 is 34.9 Å². The number of hydrogen-bond donors (Lipinski definition) is 1. The lowest BCUT2D eigenvalue weighted by atomic mass is 9.93. The van der Waals surface area contributed by atoms with Crippen molar-refractivity contribution in [3.05, 3.63) is 107 Å². The second-order valence-electron chi connectivity index (χ2n) is 14.6. The van der Waals surface area contributed by atoms with Gasteiger partial charge in [-0.25, -0.2) is 0 Å². The average Bonchev–Trinajstić information content (AvgIpc) is 3.84. The molecule has 1 N–H and O–H groups in total. The summed E-state index contributed by atoms with van der Waals surface area (Å²) in [6.07, 6.45) is 4.65. The summed E-state index contributed by atoms with van der Waals surface area (Å²) in [6, 6.07) is 34.2. The summed E-state index contributed by atoms with van der Waals surface area (Å²) in [4.78, 5) is 20.1. The molecule has 0 spiro atoms. The third-order valence-electron chi connectivity index (χ3n) is 11.4. The van der Waals surface area contributed by atoms with Crippen molar-refractivity contribution in [2.75, 3.05) is 54.1 Å². The van der Waals surface area contributed by atoms with Gasteiger partial charge in [-0.15, -0.1) is 34.9 Å². The van der Waals surface area contributed by atoms with Crippen molar-refractivity contribution in [1.82, 2.24) is 4.58 Å². The number of fused-ring (bicyclic) bond motifs is 4. The topological polar surface area (TPSA) is 56.0 Å². The van der Waals surface area contributed by atoms with E-state index in [0.29, 0.717) is 13.0 Å². The van der Waals surface area contributed by atoms with E-state index in [2.05, 4.69) is 105 Å². The maximum Gasteiger partial charge on any atom is 0.303 e. The molecule has 6 nitrogen and oxygen atoms in total. The van der Waals surface area contributed by atoms with Gasteiger partial charge in [0.15, 0.2) is 6.54 Å². The van der Waals surface area contributed by atoms with Gasteiger partial charge in [-0.05, 0) is 61.6 Å². The van der Waals surface area contributed by atoms with Gasteiger partial charge < -0.3 is 19.6 Å². The molecule has 1 aliphatic carbocycles. The number of anilines is 3. The van der Waals surface area contributed by atoms with Crippen molar-refractivity contribution < 1.29 is 14.6 Å². The van der Waals surface area contributed by atoms with Gasteiger partial charge in [0.2, 0.25) is 11.0 Å². The molecule has 272 valence electrons. The molecule has 5 heterocycles. The number of carbonyl (C=O) groups is 1. The number of nitrogens with zero attached hydrogens (tertiary/aromatic N) is 3. The van der Waals surface area contributed by atoms with E-state index >= 15 is 0 Å². The summed E-state index contributed by atoms with van der Waals surface area (Å²) >= 11 is 5.80. The molecule has 0 bridgehead atoms. The summed E-state index contributed by atoms with van der Waals surface area (Å²) < 4.78 is 10.7. The fourth-order valence-electron chi connectivity index (χ4n) is 8.77. The Morgan fingerprint density at radius 2 is 1.67 bits per heavy atom. The van der Waals surface area contributed by atoms with Crippen LogP contribution in [0.5, 0.6) is 5.75 Å². The van der Waals surface area contributed by atoms with Crippen LogP contribution in [0.25, 0.3) is 31.7 Å². The summed E-state index contributed by atoms with van der Waals surface area (Å²) in [7, 11) is 0. The van der Waals surface area contributed by atoms with Gasteiger partial charge in [0, 0.05) is 116 Å². The number of thioether (sulfide) groups is 2. The van der Waals surface area contributed by atoms with Gasteiger partial charge in [0.05, 0.1) is 17.2 Å². The zero-order valence-electron chi connectivity index (χ0n) is 30.2. The van der Waals surface area contributed by atoms with Gasteiger partial charge in [-0.1, -0.05) is 42.5 Å². The lowest BCUT2D eigenvalue weighted by Crippen LogP contribution is -2.34. The monoisotopic (exact) mass is 768 g/mol. The zero-order valence-corrected chi connectivity index (χ0v) is 32.6. The Kier molecular flexibility index (Phi) is 9.04. The predicted octanol–water partition coefficient (Wildman–Crippen LogP) is 10.1. The minimum absolute atomic E-state index is 0.205. The van der Waals surface area contributed by atoms with Gasteiger partial charge >= 0.3 is 5.97 Å². The van der Waals surface area contributed by atoms with Crippen LogP contribution in [-0.4, -0.2) is 55.4 Å². The molecule has 0 radical (unpaired) electrons. The smallest absolute Gasteiger partial charge is 0.303 e. The van der Waals surface area contributed by atoms with E-state index in [0.717, 1.165) is 69.1 Å². The molecule has 4 aromatic carbocycles. The SMILES string of the molecule is O=C(O)CCCCCOc1c(-c2c3ccc(=[N+]4CCc5ccccc54)cc-3sc3cc(N4CCc5ccccc54)ccc23)cc2c3c1SCCN3CCS2. The van der Waals surface area contributed by atoms with E-state index in [4.69, 9.17) is 4.74 Å². The van der Waals surface area contributed by atoms with E-state index in [1.807, 2.05) is 34.9 Å². The molecule has 0 saturated heterocycles. The third kappa shape index (κ3) is 6.05. The van der Waals surface area contributed by atoms with Gasteiger partial charge in [0.1, 0.15) is 5.75 Å². The predicted molar refractivity (Wildman–Crippen MR) is 226 cm³/mol. The van der Waals surface area contributed by atoms with Gasteiger partial charge in [0.25, 0.3) is 0 Å². The van der Waals surface area contributed by atoms with Crippen LogP contribution in [-0.2, 0) is 17.6 Å². The van der Waals surface area contributed by atoms with Crippen molar-refractivity contribution in [3.8, 4) is 27.3 Å². The normalized spacial score (nSPS) is 16.8. The Bertz CT molecular complexity index is 2490. The maximum atomic E-state index is 11.2. The summed E-state index contributed by atoms with van der Waals surface area (Å²) in [5.41, 5.74) is 11.7. The van der Waals surface area contributed by atoms with Gasteiger partial charge in [-0.3, -0.25) is 4.79 Å². The lowest BCUT2D eigenvalue weighted by molar-refractivity contribution is -0.137. The number of benzene rings is 5. The number of carboxylic acids is 1. The molecule has 5 aliphatic heterocycles. The molecule has 0 fully saturated rings. The molecule has 0 unspecified atom stereocenters. The number of rotatable bonds is 9.